The maximum absolute atomic E-state index is 9.68. The molecule has 0 radical (unpaired) electrons. The molecule has 1 saturated heterocycles. The van der Waals surface area contributed by atoms with Crippen LogP contribution in [0.5, 0.6) is 5.75 Å². The van der Waals surface area contributed by atoms with Gasteiger partial charge in [0.2, 0.25) is 0 Å². The van der Waals surface area contributed by atoms with Crippen molar-refractivity contribution in [1.29, 1.82) is 5.26 Å². The van der Waals surface area contributed by atoms with E-state index in [9.17, 15) is 10.4 Å². The van der Waals surface area contributed by atoms with Crippen LogP contribution >= 0.6 is 0 Å². The molecule has 0 aromatic heterocycles. The van der Waals surface area contributed by atoms with Crippen molar-refractivity contribution >= 4 is 5.69 Å². The Hall–Kier alpha value is -2.51. The van der Waals surface area contributed by atoms with Crippen molar-refractivity contribution in [2.45, 2.75) is 19.4 Å². The number of ether oxygens (including phenoxy) is 1. The molecule has 23 heavy (non-hydrogen) atoms. The van der Waals surface area contributed by atoms with E-state index in [-0.39, 0.29) is 6.61 Å². The molecule has 1 aliphatic heterocycles. The van der Waals surface area contributed by atoms with E-state index < -0.39 is 0 Å². The predicted molar refractivity (Wildman–Crippen MR) is 90.5 cm³/mol. The Bertz CT molecular complexity index is 744. The Labute approximate surface area is 136 Å². The first-order valence-electron chi connectivity index (χ1n) is 7.83. The molecule has 0 amide bonds. The molecule has 0 spiro atoms. The zero-order valence-electron chi connectivity index (χ0n) is 13.2. The fourth-order valence-electron chi connectivity index (χ4n) is 3.10. The summed E-state index contributed by atoms with van der Waals surface area (Å²) in [5.74, 6) is 0.717. The van der Waals surface area contributed by atoms with Gasteiger partial charge < -0.3 is 14.7 Å². The number of nitriles is 1. The Kier molecular flexibility index (Phi) is 4.50. The molecule has 2 aromatic carbocycles. The van der Waals surface area contributed by atoms with Crippen LogP contribution in [0, 0.1) is 11.3 Å². The largest absolute Gasteiger partial charge is 0.497 e. The second kappa shape index (κ2) is 6.72. The van der Waals surface area contributed by atoms with Crippen LogP contribution in [-0.2, 0) is 6.61 Å². The third-order valence-corrected chi connectivity index (χ3v) is 4.31. The van der Waals surface area contributed by atoms with E-state index in [2.05, 4.69) is 17.0 Å². The second-order valence-corrected chi connectivity index (χ2v) is 5.76. The Morgan fingerprint density at radius 3 is 2.61 bits per heavy atom. The van der Waals surface area contributed by atoms with E-state index in [0.29, 0.717) is 11.3 Å². The van der Waals surface area contributed by atoms with Gasteiger partial charge >= 0.3 is 0 Å². The zero-order chi connectivity index (χ0) is 16.2. The lowest BCUT2D eigenvalue weighted by atomic mass is 9.97. The minimum atomic E-state index is -0.0671. The number of benzene rings is 2. The molecule has 118 valence electrons. The van der Waals surface area contributed by atoms with Crippen molar-refractivity contribution in [3.8, 4) is 22.9 Å². The van der Waals surface area contributed by atoms with E-state index in [1.54, 1.807) is 7.11 Å². The van der Waals surface area contributed by atoms with Crippen molar-refractivity contribution in [2.75, 3.05) is 25.1 Å². The number of hydrogen-bond acceptors (Lipinski definition) is 4. The van der Waals surface area contributed by atoms with Gasteiger partial charge in [-0.05, 0) is 59.9 Å². The van der Waals surface area contributed by atoms with Gasteiger partial charge in [-0.1, -0.05) is 6.07 Å². The Balaban J connectivity index is 2.08. The average Bonchev–Trinajstić information content (AvgIpc) is 3.15. The highest BCUT2D eigenvalue weighted by molar-refractivity contribution is 5.74. The standard InChI is InChI=1S/C19H20N2O2/c1-23-18-4-5-19(16(11-18)13-22)15-8-14(12-20)9-17(10-15)21-6-2-3-7-21/h4-5,8-11,22H,2-3,6-7,13H2,1H3. The SMILES string of the molecule is COc1ccc(-c2cc(C#N)cc(N3CCCC3)c2)c(CO)c1. The van der Waals surface area contributed by atoms with Crippen LogP contribution in [0.25, 0.3) is 11.1 Å². The predicted octanol–water partition coefficient (Wildman–Crippen LogP) is 3.33. The summed E-state index contributed by atoms with van der Waals surface area (Å²) in [5.41, 5.74) is 4.41. The van der Waals surface area contributed by atoms with Crippen LogP contribution in [0.1, 0.15) is 24.0 Å². The van der Waals surface area contributed by atoms with E-state index >= 15 is 0 Å². The molecule has 1 N–H and O–H groups in total. The number of aliphatic hydroxyl groups is 1. The van der Waals surface area contributed by atoms with Crippen LogP contribution in [0.3, 0.4) is 0 Å². The summed E-state index contributed by atoms with van der Waals surface area (Å²) in [5, 5.41) is 19.0. The molecule has 0 unspecified atom stereocenters. The van der Waals surface area contributed by atoms with E-state index in [1.165, 1.54) is 12.8 Å². The third kappa shape index (κ3) is 3.15. The lowest BCUT2D eigenvalue weighted by Crippen LogP contribution is -2.17. The first kappa shape index (κ1) is 15.4. The molecular weight excluding hydrogens is 288 g/mol. The van der Waals surface area contributed by atoms with Crippen molar-refractivity contribution in [3.05, 3.63) is 47.5 Å². The fraction of sp³-hybridized carbons (Fsp3) is 0.316. The normalized spacial score (nSPS) is 13.9. The first-order chi connectivity index (χ1) is 11.2. The number of hydrogen-bond donors (Lipinski definition) is 1. The molecule has 3 rings (SSSR count). The lowest BCUT2D eigenvalue weighted by Gasteiger charge is -2.19. The minimum absolute atomic E-state index is 0.0671. The monoisotopic (exact) mass is 308 g/mol. The first-order valence-corrected chi connectivity index (χ1v) is 7.83. The van der Waals surface area contributed by atoms with Crippen LogP contribution in [0.15, 0.2) is 36.4 Å². The Morgan fingerprint density at radius 1 is 1.17 bits per heavy atom. The number of methoxy groups -OCH3 is 1. The third-order valence-electron chi connectivity index (χ3n) is 4.31. The fourth-order valence-corrected chi connectivity index (χ4v) is 3.10. The van der Waals surface area contributed by atoms with Crippen LogP contribution in [0.2, 0.25) is 0 Å². The molecule has 1 fully saturated rings. The summed E-state index contributed by atoms with van der Waals surface area (Å²) >= 11 is 0. The molecule has 1 heterocycles. The molecule has 0 atom stereocenters. The number of anilines is 1. The van der Waals surface area contributed by atoms with Crippen molar-refractivity contribution in [1.82, 2.24) is 0 Å². The number of nitrogens with zero attached hydrogens (tertiary/aromatic N) is 2. The lowest BCUT2D eigenvalue weighted by molar-refractivity contribution is 0.281. The highest BCUT2D eigenvalue weighted by Gasteiger charge is 2.15. The summed E-state index contributed by atoms with van der Waals surface area (Å²) in [6, 6.07) is 13.8. The van der Waals surface area contributed by atoms with Crippen molar-refractivity contribution < 1.29 is 9.84 Å². The topological polar surface area (TPSA) is 56.5 Å². The van der Waals surface area contributed by atoms with Crippen molar-refractivity contribution in [3.63, 3.8) is 0 Å². The quantitative estimate of drug-likeness (QED) is 0.941. The van der Waals surface area contributed by atoms with Gasteiger partial charge in [0.15, 0.2) is 0 Å². The molecular formula is C19H20N2O2. The molecule has 4 nitrogen and oxygen atoms in total. The van der Waals surface area contributed by atoms with Gasteiger partial charge in [0, 0.05) is 18.8 Å². The number of rotatable bonds is 4. The molecule has 1 aliphatic rings. The molecule has 4 heteroatoms. The van der Waals surface area contributed by atoms with Gasteiger partial charge in [0.1, 0.15) is 5.75 Å². The van der Waals surface area contributed by atoms with Gasteiger partial charge in [0.05, 0.1) is 25.3 Å². The summed E-state index contributed by atoms with van der Waals surface area (Å²) < 4.78 is 5.23. The molecule has 0 bridgehead atoms. The molecule has 0 aliphatic carbocycles. The van der Waals surface area contributed by atoms with Gasteiger partial charge in [-0.25, -0.2) is 0 Å². The smallest absolute Gasteiger partial charge is 0.119 e. The van der Waals surface area contributed by atoms with Crippen LogP contribution in [-0.4, -0.2) is 25.3 Å². The maximum Gasteiger partial charge on any atom is 0.119 e. The second-order valence-electron chi connectivity index (χ2n) is 5.76. The van der Waals surface area contributed by atoms with Crippen LogP contribution in [0.4, 0.5) is 5.69 Å². The summed E-state index contributed by atoms with van der Waals surface area (Å²) in [7, 11) is 1.61. The van der Waals surface area contributed by atoms with E-state index in [4.69, 9.17) is 4.74 Å². The Morgan fingerprint density at radius 2 is 1.96 bits per heavy atom. The summed E-state index contributed by atoms with van der Waals surface area (Å²) in [6.45, 7) is 2.00. The summed E-state index contributed by atoms with van der Waals surface area (Å²) in [6.07, 6.45) is 2.38. The molecule has 2 aromatic rings. The van der Waals surface area contributed by atoms with Gasteiger partial charge in [-0.2, -0.15) is 5.26 Å². The highest BCUT2D eigenvalue weighted by Crippen LogP contribution is 2.32. The highest BCUT2D eigenvalue weighted by atomic mass is 16.5. The number of aliphatic hydroxyl groups excluding tert-OH is 1. The minimum Gasteiger partial charge on any atom is -0.497 e. The van der Waals surface area contributed by atoms with Crippen molar-refractivity contribution in [2.24, 2.45) is 0 Å². The van der Waals surface area contributed by atoms with Gasteiger partial charge in [0.25, 0.3) is 0 Å². The van der Waals surface area contributed by atoms with E-state index in [0.717, 1.165) is 35.5 Å². The molecule has 0 saturated carbocycles. The average molecular weight is 308 g/mol. The zero-order valence-corrected chi connectivity index (χ0v) is 13.2. The summed E-state index contributed by atoms with van der Waals surface area (Å²) in [4.78, 5) is 2.31. The van der Waals surface area contributed by atoms with Crippen LogP contribution < -0.4 is 9.64 Å². The van der Waals surface area contributed by atoms with Gasteiger partial charge in [-0.15, -0.1) is 0 Å². The van der Waals surface area contributed by atoms with E-state index in [1.807, 2.05) is 30.3 Å². The van der Waals surface area contributed by atoms with Gasteiger partial charge in [-0.3, -0.25) is 0 Å². The maximum atomic E-state index is 9.68.